The van der Waals surface area contributed by atoms with E-state index in [9.17, 15) is 13.6 Å². The number of benzene rings is 1. The second kappa shape index (κ2) is 13.1. The molecule has 0 aliphatic carbocycles. The molecule has 1 aliphatic heterocycles. The fraction of sp³-hybridized carbons (Fsp3) is 0.545. The van der Waals surface area contributed by atoms with Gasteiger partial charge in [-0.1, -0.05) is 0 Å². The fourth-order valence-corrected chi connectivity index (χ4v) is 3.86. The van der Waals surface area contributed by atoms with Gasteiger partial charge < -0.3 is 19.7 Å². The Labute approximate surface area is 199 Å². The maximum atomic E-state index is 14.5. The monoisotopic (exact) mass is 493 g/mol. The zero-order chi connectivity index (χ0) is 21.7. The molecule has 3 rings (SSSR count). The molecule has 10 heteroatoms. The third-order valence-electron chi connectivity index (χ3n) is 5.22. The predicted molar refractivity (Wildman–Crippen MR) is 125 cm³/mol. The summed E-state index contributed by atoms with van der Waals surface area (Å²) >= 11 is 0. The first kappa shape index (κ1) is 28.3. The minimum absolute atomic E-state index is 0. The van der Waals surface area contributed by atoms with Gasteiger partial charge in [0.15, 0.2) is 5.82 Å². The molecule has 6 nitrogen and oxygen atoms in total. The molecular formula is C22H31Cl2F2N3O3. The van der Waals surface area contributed by atoms with Crippen LogP contribution >= 0.6 is 24.8 Å². The number of fused-ring (bicyclic) bond motifs is 1. The average Bonchev–Trinajstić information content (AvgIpc) is 2.72. The molecular weight excluding hydrogens is 463 g/mol. The molecule has 2 aromatic rings. The summed E-state index contributed by atoms with van der Waals surface area (Å²) in [7, 11) is 1.59. The van der Waals surface area contributed by atoms with E-state index in [1.54, 1.807) is 12.0 Å². The molecule has 0 radical (unpaired) electrons. The second-order valence-electron chi connectivity index (χ2n) is 7.79. The predicted octanol–water partition coefficient (Wildman–Crippen LogP) is 4.37. The van der Waals surface area contributed by atoms with Gasteiger partial charge in [-0.3, -0.25) is 4.79 Å². The molecule has 0 bridgehead atoms. The van der Waals surface area contributed by atoms with Gasteiger partial charge in [0.2, 0.25) is 0 Å². The Balaban J connectivity index is 0.00000256. The van der Waals surface area contributed by atoms with Crippen molar-refractivity contribution in [3.05, 3.63) is 35.5 Å². The normalized spacial score (nSPS) is 15.8. The van der Waals surface area contributed by atoms with Crippen LogP contribution in [0.5, 0.6) is 5.75 Å². The average molecular weight is 494 g/mol. The Hall–Kier alpha value is -1.74. The number of hydrogen-bond acceptors (Lipinski definition) is 5. The summed E-state index contributed by atoms with van der Waals surface area (Å²) < 4.78 is 39.1. The molecule has 32 heavy (non-hydrogen) atoms. The van der Waals surface area contributed by atoms with E-state index in [2.05, 4.69) is 10.3 Å². The highest BCUT2D eigenvalue weighted by Crippen LogP contribution is 2.30. The lowest BCUT2D eigenvalue weighted by atomic mass is 10.0. The number of pyridine rings is 1. The van der Waals surface area contributed by atoms with E-state index in [1.165, 1.54) is 12.1 Å². The van der Waals surface area contributed by atoms with Crippen molar-refractivity contribution in [1.29, 1.82) is 0 Å². The van der Waals surface area contributed by atoms with E-state index in [-0.39, 0.29) is 65.2 Å². The van der Waals surface area contributed by atoms with Crippen molar-refractivity contribution in [2.75, 3.05) is 33.4 Å². The molecule has 2 heterocycles. The number of nitrogens with one attached hydrogen (secondary N) is 1. The first-order valence-corrected chi connectivity index (χ1v) is 10.4. The number of carbonyl (C=O) groups is 1. The van der Waals surface area contributed by atoms with Crippen molar-refractivity contribution >= 4 is 41.6 Å². The van der Waals surface area contributed by atoms with Crippen LogP contribution < -0.4 is 10.1 Å². The van der Waals surface area contributed by atoms with Gasteiger partial charge in [-0.25, -0.2) is 13.8 Å². The Morgan fingerprint density at radius 1 is 1.25 bits per heavy atom. The van der Waals surface area contributed by atoms with Crippen LogP contribution in [0.2, 0.25) is 0 Å². The first-order valence-electron chi connectivity index (χ1n) is 10.4. The van der Waals surface area contributed by atoms with Crippen LogP contribution in [0.25, 0.3) is 10.9 Å². The molecule has 1 N–H and O–H groups in total. The molecule has 180 valence electrons. The standard InChI is InChI=1S/C22H29F2N3O3.2ClH/c1-14(2)27(16-6-4-7-25-13-16)22(28)19-12-20(30-9-5-8-29-3)17-10-15(23)11-18(24)21(17)26-19;;/h10-12,14,16,25H,4-9,13H2,1-3H3;2*1H/t16-;;/m1../s1. The highest BCUT2D eigenvalue weighted by Gasteiger charge is 2.30. The Morgan fingerprint density at radius 2 is 2.00 bits per heavy atom. The van der Waals surface area contributed by atoms with Gasteiger partial charge in [-0.15, -0.1) is 24.8 Å². The number of hydrogen-bond donors (Lipinski definition) is 1. The number of piperidine rings is 1. The maximum Gasteiger partial charge on any atom is 0.273 e. The topological polar surface area (TPSA) is 63.7 Å². The Kier molecular flexibility index (Phi) is 11.6. The lowest BCUT2D eigenvalue weighted by Gasteiger charge is -2.37. The molecule has 1 aromatic carbocycles. The van der Waals surface area contributed by atoms with E-state index in [0.717, 1.165) is 25.5 Å². The molecule has 1 aliphatic rings. The van der Waals surface area contributed by atoms with Gasteiger partial charge in [-0.2, -0.15) is 0 Å². The maximum absolute atomic E-state index is 14.5. The van der Waals surface area contributed by atoms with Crippen LogP contribution in [0, 0.1) is 11.6 Å². The molecule has 1 atom stereocenters. The van der Waals surface area contributed by atoms with E-state index >= 15 is 0 Å². The lowest BCUT2D eigenvalue weighted by Crippen LogP contribution is -2.51. The molecule has 1 fully saturated rings. The van der Waals surface area contributed by atoms with Crippen molar-refractivity contribution in [3.8, 4) is 5.75 Å². The van der Waals surface area contributed by atoms with Crippen LogP contribution in [-0.4, -0.2) is 61.3 Å². The second-order valence-corrected chi connectivity index (χ2v) is 7.79. The number of methoxy groups -OCH3 is 1. The van der Waals surface area contributed by atoms with Crippen molar-refractivity contribution in [3.63, 3.8) is 0 Å². The summed E-state index contributed by atoms with van der Waals surface area (Å²) in [5.74, 6) is -1.59. The van der Waals surface area contributed by atoms with Gasteiger partial charge in [0.05, 0.1) is 6.61 Å². The van der Waals surface area contributed by atoms with Crippen molar-refractivity contribution in [2.45, 2.75) is 45.2 Å². The summed E-state index contributed by atoms with van der Waals surface area (Å²) in [4.78, 5) is 19.4. The number of aromatic nitrogens is 1. The third kappa shape index (κ3) is 6.63. The number of ether oxygens (including phenoxy) is 2. The minimum atomic E-state index is -0.822. The van der Waals surface area contributed by atoms with Crippen molar-refractivity contribution < 1.29 is 23.0 Å². The van der Waals surface area contributed by atoms with E-state index < -0.39 is 11.6 Å². The van der Waals surface area contributed by atoms with Crippen LogP contribution in [0.3, 0.4) is 0 Å². The van der Waals surface area contributed by atoms with Gasteiger partial charge in [0.1, 0.15) is 22.8 Å². The third-order valence-corrected chi connectivity index (χ3v) is 5.22. The Bertz CT molecular complexity index is 896. The van der Waals surface area contributed by atoms with Crippen LogP contribution in [-0.2, 0) is 4.74 Å². The van der Waals surface area contributed by atoms with Crippen LogP contribution in [0.4, 0.5) is 8.78 Å². The smallest absolute Gasteiger partial charge is 0.273 e. The number of rotatable bonds is 8. The van der Waals surface area contributed by atoms with Crippen LogP contribution in [0.1, 0.15) is 43.6 Å². The highest BCUT2D eigenvalue weighted by molar-refractivity contribution is 5.97. The van der Waals surface area contributed by atoms with Gasteiger partial charge in [-0.05, 0) is 39.3 Å². The van der Waals surface area contributed by atoms with E-state index in [0.29, 0.717) is 26.2 Å². The SMILES string of the molecule is COCCCOc1cc(C(=O)N(C(C)C)[C@@H]2CCCNC2)nc2c(F)cc(F)cc12.Cl.Cl. The summed E-state index contributed by atoms with van der Waals surface area (Å²) in [5, 5.41) is 3.53. The fourth-order valence-electron chi connectivity index (χ4n) is 3.86. The first-order chi connectivity index (χ1) is 14.4. The largest absolute Gasteiger partial charge is 0.493 e. The molecule has 0 spiro atoms. The minimum Gasteiger partial charge on any atom is -0.493 e. The number of amides is 1. The zero-order valence-corrected chi connectivity index (χ0v) is 20.2. The lowest BCUT2D eigenvalue weighted by molar-refractivity contribution is 0.0567. The molecule has 0 saturated carbocycles. The van der Waals surface area contributed by atoms with Crippen LogP contribution in [0.15, 0.2) is 18.2 Å². The van der Waals surface area contributed by atoms with Gasteiger partial charge in [0.25, 0.3) is 5.91 Å². The highest BCUT2D eigenvalue weighted by atomic mass is 35.5. The summed E-state index contributed by atoms with van der Waals surface area (Å²) in [6.45, 7) is 6.32. The zero-order valence-electron chi connectivity index (χ0n) is 18.5. The van der Waals surface area contributed by atoms with Gasteiger partial charge >= 0.3 is 0 Å². The molecule has 1 aromatic heterocycles. The Morgan fingerprint density at radius 3 is 2.62 bits per heavy atom. The molecule has 1 saturated heterocycles. The van der Waals surface area contributed by atoms with E-state index in [1.807, 2.05) is 13.8 Å². The van der Waals surface area contributed by atoms with Gasteiger partial charge in [0, 0.05) is 56.3 Å². The van der Waals surface area contributed by atoms with Crippen molar-refractivity contribution in [1.82, 2.24) is 15.2 Å². The molecule has 1 amide bonds. The molecule has 0 unspecified atom stereocenters. The number of nitrogens with zero attached hydrogens (tertiary/aromatic N) is 2. The quantitative estimate of drug-likeness (QED) is 0.553. The van der Waals surface area contributed by atoms with Crippen molar-refractivity contribution in [2.24, 2.45) is 0 Å². The number of halogens is 4. The van der Waals surface area contributed by atoms with E-state index in [4.69, 9.17) is 9.47 Å². The summed E-state index contributed by atoms with van der Waals surface area (Å²) in [5.41, 5.74) is 0.0171. The summed E-state index contributed by atoms with van der Waals surface area (Å²) in [6.07, 6.45) is 2.48. The summed E-state index contributed by atoms with van der Waals surface area (Å²) in [6, 6.07) is 3.42. The number of carbonyl (C=O) groups excluding carboxylic acids is 1.